The molecular weight excluding hydrogens is 248 g/mol. The number of carbonyl (C=O) groups excluding carboxylic acids is 1. The maximum absolute atomic E-state index is 12.7. The SMILES string of the molecule is Cc1ccc(C(=O)N2CCC(C)(C)C2)c(C#CCN)c1. The molecule has 1 heterocycles. The number of benzene rings is 1. The molecule has 1 aromatic carbocycles. The van der Waals surface area contributed by atoms with Crippen molar-refractivity contribution >= 4 is 5.91 Å². The Morgan fingerprint density at radius 1 is 1.45 bits per heavy atom. The van der Waals surface area contributed by atoms with E-state index in [4.69, 9.17) is 5.73 Å². The van der Waals surface area contributed by atoms with Gasteiger partial charge in [-0.25, -0.2) is 0 Å². The summed E-state index contributed by atoms with van der Waals surface area (Å²) in [5.74, 6) is 5.94. The largest absolute Gasteiger partial charge is 0.338 e. The van der Waals surface area contributed by atoms with Gasteiger partial charge in [0.2, 0.25) is 0 Å². The maximum Gasteiger partial charge on any atom is 0.255 e. The quantitative estimate of drug-likeness (QED) is 0.795. The molecule has 2 rings (SSSR count). The highest BCUT2D eigenvalue weighted by Crippen LogP contribution is 2.30. The lowest BCUT2D eigenvalue weighted by Gasteiger charge is -2.20. The zero-order valence-electron chi connectivity index (χ0n) is 12.5. The summed E-state index contributed by atoms with van der Waals surface area (Å²) in [6.45, 7) is 8.33. The second kappa shape index (κ2) is 5.68. The van der Waals surface area contributed by atoms with Crippen LogP contribution < -0.4 is 5.73 Å². The Morgan fingerprint density at radius 3 is 2.80 bits per heavy atom. The Bertz CT molecular complexity index is 578. The normalized spacial score (nSPS) is 16.7. The lowest BCUT2D eigenvalue weighted by molar-refractivity contribution is 0.0778. The summed E-state index contributed by atoms with van der Waals surface area (Å²) in [5.41, 5.74) is 8.21. The highest BCUT2D eigenvalue weighted by molar-refractivity contribution is 5.97. The number of aryl methyl sites for hydroxylation is 1. The van der Waals surface area contributed by atoms with Gasteiger partial charge >= 0.3 is 0 Å². The summed E-state index contributed by atoms with van der Waals surface area (Å²) in [6, 6.07) is 5.79. The Labute approximate surface area is 121 Å². The summed E-state index contributed by atoms with van der Waals surface area (Å²) in [7, 11) is 0. The second-order valence-corrected chi connectivity index (χ2v) is 6.20. The first kappa shape index (κ1) is 14.6. The van der Waals surface area contributed by atoms with Crippen molar-refractivity contribution in [3.05, 3.63) is 34.9 Å². The number of carbonyl (C=O) groups is 1. The predicted octanol–water partition coefficient (Wildman–Crippen LogP) is 2.18. The number of rotatable bonds is 1. The van der Waals surface area contributed by atoms with Gasteiger partial charge in [-0.1, -0.05) is 31.8 Å². The van der Waals surface area contributed by atoms with E-state index in [-0.39, 0.29) is 11.3 Å². The van der Waals surface area contributed by atoms with Crippen molar-refractivity contribution in [1.82, 2.24) is 4.90 Å². The predicted molar refractivity (Wildman–Crippen MR) is 81.4 cm³/mol. The fourth-order valence-corrected chi connectivity index (χ4v) is 2.55. The second-order valence-electron chi connectivity index (χ2n) is 6.20. The first-order valence-corrected chi connectivity index (χ1v) is 7.02. The molecule has 0 bridgehead atoms. The number of amides is 1. The summed E-state index contributed by atoms with van der Waals surface area (Å²) in [5, 5.41) is 0. The standard InChI is InChI=1S/C17H22N2O/c1-13-6-7-15(14(11-13)5-4-9-18)16(20)19-10-8-17(2,3)12-19/h6-7,11H,8-10,12,18H2,1-3H3. The van der Waals surface area contributed by atoms with Gasteiger partial charge in [0.05, 0.1) is 12.1 Å². The Morgan fingerprint density at radius 2 is 2.20 bits per heavy atom. The molecule has 2 N–H and O–H groups in total. The van der Waals surface area contributed by atoms with Crippen molar-refractivity contribution in [3.63, 3.8) is 0 Å². The third kappa shape index (κ3) is 3.20. The van der Waals surface area contributed by atoms with E-state index in [1.165, 1.54) is 0 Å². The molecule has 0 saturated carbocycles. The van der Waals surface area contributed by atoms with Crippen molar-refractivity contribution in [2.24, 2.45) is 11.1 Å². The van der Waals surface area contributed by atoms with Crippen LogP contribution in [0.25, 0.3) is 0 Å². The molecule has 1 fully saturated rings. The van der Waals surface area contributed by atoms with Gasteiger partial charge in [-0.2, -0.15) is 0 Å². The van der Waals surface area contributed by atoms with E-state index in [9.17, 15) is 4.79 Å². The molecule has 0 spiro atoms. The van der Waals surface area contributed by atoms with Crippen molar-refractivity contribution in [1.29, 1.82) is 0 Å². The molecule has 1 aliphatic rings. The lowest BCUT2D eigenvalue weighted by atomic mass is 9.93. The van der Waals surface area contributed by atoms with Crippen LogP contribution in [-0.4, -0.2) is 30.4 Å². The molecule has 106 valence electrons. The molecule has 3 nitrogen and oxygen atoms in total. The molecular formula is C17H22N2O. The summed E-state index contributed by atoms with van der Waals surface area (Å²) < 4.78 is 0. The maximum atomic E-state index is 12.7. The van der Waals surface area contributed by atoms with Crippen molar-refractivity contribution in [2.45, 2.75) is 27.2 Å². The van der Waals surface area contributed by atoms with E-state index in [1.54, 1.807) is 0 Å². The summed E-state index contributed by atoms with van der Waals surface area (Å²) in [4.78, 5) is 14.6. The minimum Gasteiger partial charge on any atom is -0.338 e. The van der Waals surface area contributed by atoms with Crippen LogP contribution >= 0.6 is 0 Å². The van der Waals surface area contributed by atoms with E-state index in [0.717, 1.165) is 30.6 Å². The molecule has 0 radical (unpaired) electrons. The third-order valence-corrected chi connectivity index (χ3v) is 3.70. The van der Waals surface area contributed by atoms with E-state index < -0.39 is 0 Å². The number of nitrogens with zero attached hydrogens (tertiary/aromatic N) is 1. The van der Waals surface area contributed by atoms with Gasteiger partial charge in [0.1, 0.15) is 0 Å². The number of likely N-dealkylation sites (tertiary alicyclic amines) is 1. The topological polar surface area (TPSA) is 46.3 Å². The van der Waals surface area contributed by atoms with Gasteiger partial charge in [-0.05, 0) is 36.5 Å². The molecule has 1 aromatic rings. The van der Waals surface area contributed by atoms with Crippen LogP contribution in [0.4, 0.5) is 0 Å². The molecule has 3 heteroatoms. The van der Waals surface area contributed by atoms with Crippen LogP contribution in [-0.2, 0) is 0 Å². The van der Waals surface area contributed by atoms with Crippen LogP contribution in [0.3, 0.4) is 0 Å². The zero-order valence-corrected chi connectivity index (χ0v) is 12.5. The van der Waals surface area contributed by atoms with E-state index in [0.29, 0.717) is 12.1 Å². The van der Waals surface area contributed by atoms with Crippen LogP contribution in [0.1, 0.15) is 41.8 Å². The molecule has 1 aliphatic heterocycles. The van der Waals surface area contributed by atoms with Gasteiger partial charge < -0.3 is 10.6 Å². The minimum absolute atomic E-state index is 0.0805. The van der Waals surface area contributed by atoms with Crippen LogP contribution in [0.5, 0.6) is 0 Å². The Kier molecular flexibility index (Phi) is 4.15. The fourth-order valence-electron chi connectivity index (χ4n) is 2.55. The first-order chi connectivity index (χ1) is 9.43. The number of nitrogens with two attached hydrogens (primary N) is 1. The van der Waals surface area contributed by atoms with Gasteiger partial charge in [0.25, 0.3) is 5.91 Å². The van der Waals surface area contributed by atoms with Gasteiger partial charge in [-0.15, -0.1) is 0 Å². The molecule has 0 unspecified atom stereocenters. The molecule has 0 aliphatic carbocycles. The molecule has 0 atom stereocenters. The van der Waals surface area contributed by atoms with Gasteiger partial charge in [0.15, 0.2) is 0 Å². The molecule has 1 saturated heterocycles. The number of hydrogen-bond donors (Lipinski definition) is 1. The third-order valence-electron chi connectivity index (χ3n) is 3.70. The smallest absolute Gasteiger partial charge is 0.255 e. The van der Waals surface area contributed by atoms with Gasteiger partial charge in [0, 0.05) is 18.7 Å². The average molecular weight is 270 g/mol. The highest BCUT2D eigenvalue weighted by Gasteiger charge is 2.32. The van der Waals surface area contributed by atoms with Crippen LogP contribution in [0.15, 0.2) is 18.2 Å². The molecule has 0 aromatic heterocycles. The summed E-state index contributed by atoms with van der Waals surface area (Å²) >= 11 is 0. The van der Waals surface area contributed by atoms with Gasteiger partial charge in [-0.3, -0.25) is 4.79 Å². The average Bonchev–Trinajstić information content (AvgIpc) is 2.76. The summed E-state index contributed by atoms with van der Waals surface area (Å²) in [6.07, 6.45) is 1.05. The highest BCUT2D eigenvalue weighted by atomic mass is 16.2. The van der Waals surface area contributed by atoms with Crippen molar-refractivity contribution in [2.75, 3.05) is 19.6 Å². The fraction of sp³-hybridized carbons (Fsp3) is 0.471. The van der Waals surface area contributed by atoms with Crippen LogP contribution in [0.2, 0.25) is 0 Å². The molecule has 20 heavy (non-hydrogen) atoms. The van der Waals surface area contributed by atoms with Crippen LogP contribution in [0, 0.1) is 24.2 Å². The zero-order chi connectivity index (χ0) is 14.8. The van der Waals surface area contributed by atoms with E-state index in [2.05, 4.69) is 25.7 Å². The van der Waals surface area contributed by atoms with Crippen molar-refractivity contribution in [3.8, 4) is 11.8 Å². The van der Waals surface area contributed by atoms with Crippen molar-refractivity contribution < 1.29 is 4.79 Å². The monoisotopic (exact) mass is 270 g/mol. The number of hydrogen-bond acceptors (Lipinski definition) is 2. The van der Waals surface area contributed by atoms with E-state index >= 15 is 0 Å². The lowest BCUT2D eigenvalue weighted by Crippen LogP contribution is -2.30. The minimum atomic E-state index is 0.0805. The Hall–Kier alpha value is -1.79. The Balaban J connectivity index is 2.30. The molecule has 1 amide bonds. The first-order valence-electron chi connectivity index (χ1n) is 7.02. The van der Waals surface area contributed by atoms with E-state index in [1.807, 2.05) is 30.0 Å².